The molecule has 0 saturated carbocycles. The molecule has 3 aliphatic rings. The fourth-order valence-corrected chi connectivity index (χ4v) is 4.20. The fraction of sp³-hybridized carbons (Fsp3) is 1.00. The molecule has 0 bridgehead atoms. The summed E-state index contributed by atoms with van der Waals surface area (Å²) in [7, 11) is 1.19. The molecule has 0 aromatic carbocycles. The average molecular weight is 518 g/mol. The van der Waals surface area contributed by atoms with Gasteiger partial charge in [0, 0.05) is 7.11 Å². The predicted molar refractivity (Wildman–Crippen MR) is 106 cm³/mol. The largest absolute Gasteiger partial charge is 0.394 e. The standard InChI is InChI=1S/C19H34O16/c1-30-19-16(35-18-14(29)12(27)9(24)6(3-21)32-18)15(10(25)7(4-22)33-19)34-17-13(28)11(26)8(23)5(2-20)31-17/h5-29H,2-4H2,1H3/t5-,6-,7-,8+,9+,10-,11+,12+,13-,14-,15+,16+,17-,18+,19+/m1/s1. The number of aliphatic hydroxyl groups is 10. The first kappa shape index (κ1) is 28.9. The van der Waals surface area contributed by atoms with Gasteiger partial charge in [-0.2, -0.15) is 0 Å². The third-order valence-electron chi connectivity index (χ3n) is 6.31. The van der Waals surface area contributed by atoms with Gasteiger partial charge in [-0.15, -0.1) is 0 Å². The Morgan fingerprint density at radius 3 is 1.26 bits per heavy atom. The minimum absolute atomic E-state index is 0.706. The van der Waals surface area contributed by atoms with Crippen LogP contribution in [0.15, 0.2) is 0 Å². The molecule has 3 saturated heterocycles. The molecular weight excluding hydrogens is 484 g/mol. The quantitative estimate of drug-likeness (QED) is 0.143. The summed E-state index contributed by atoms with van der Waals surface area (Å²) in [6.07, 6.45) is -24.1. The first-order valence-corrected chi connectivity index (χ1v) is 11.0. The van der Waals surface area contributed by atoms with E-state index in [2.05, 4.69) is 0 Å². The van der Waals surface area contributed by atoms with E-state index in [0.717, 1.165) is 0 Å². The summed E-state index contributed by atoms with van der Waals surface area (Å²) < 4.78 is 32.6. The first-order chi connectivity index (χ1) is 16.6. The van der Waals surface area contributed by atoms with Crippen LogP contribution in [0.3, 0.4) is 0 Å². The Morgan fingerprint density at radius 2 is 0.857 bits per heavy atom. The third kappa shape index (κ3) is 5.78. The van der Waals surface area contributed by atoms with E-state index in [-0.39, 0.29) is 0 Å². The summed E-state index contributed by atoms with van der Waals surface area (Å²) >= 11 is 0. The van der Waals surface area contributed by atoms with Gasteiger partial charge in [-0.1, -0.05) is 0 Å². The molecule has 0 unspecified atom stereocenters. The molecule has 3 heterocycles. The van der Waals surface area contributed by atoms with Crippen molar-refractivity contribution in [2.45, 2.75) is 92.1 Å². The van der Waals surface area contributed by atoms with Crippen LogP contribution in [-0.4, -0.2) is 170 Å². The first-order valence-electron chi connectivity index (χ1n) is 11.0. The van der Waals surface area contributed by atoms with Crippen LogP contribution < -0.4 is 0 Å². The summed E-state index contributed by atoms with van der Waals surface area (Å²) in [4.78, 5) is 0. The van der Waals surface area contributed by atoms with Crippen LogP contribution in [0, 0.1) is 0 Å². The van der Waals surface area contributed by atoms with Crippen molar-refractivity contribution in [1.29, 1.82) is 0 Å². The van der Waals surface area contributed by atoms with E-state index in [1.807, 2.05) is 0 Å². The Kier molecular flexibility index (Phi) is 10.1. The van der Waals surface area contributed by atoms with Gasteiger partial charge in [0.25, 0.3) is 0 Å². The highest BCUT2D eigenvalue weighted by atomic mass is 16.8. The fourth-order valence-electron chi connectivity index (χ4n) is 4.20. The van der Waals surface area contributed by atoms with Crippen LogP contribution in [0.4, 0.5) is 0 Å². The Labute approximate surface area is 199 Å². The molecule has 16 nitrogen and oxygen atoms in total. The molecule has 0 amide bonds. The molecule has 0 aromatic rings. The van der Waals surface area contributed by atoms with Crippen LogP contribution in [-0.2, 0) is 28.4 Å². The zero-order valence-corrected chi connectivity index (χ0v) is 18.7. The lowest BCUT2D eigenvalue weighted by Gasteiger charge is -2.48. The second-order valence-corrected chi connectivity index (χ2v) is 8.55. The van der Waals surface area contributed by atoms with Gasteiger partial charge in [-0.3, -0.25) is 0 Å². The second-order valence-electron chi connectivity index (χ2n) is 8.55. The molecule has 15 atom stereocenters. The summed E-state index contributed by atoms with van der Waals surface area (Å²) in [6, 6.07) is 0. The average Bonchev–Trinajstić information content (AvgIpc) is 2.86. The summed E-state index contributed by atoms with van der Waals surface area (Å²) in [5, 5.41) is 99.9. The van der Waals surface area contributed by atoms with Crippen molar-refractivity contribution in [2.75, 3.05) is 26.9 Å². The van der Waals surface area contributed by atoms with Gasteiger partial charge in [-0.05, 0) is 0 Å². The second kappa shape index (κ2) is 12.3. The van der Waals surface area contributed by atoms with E-state index in [1.54, 1.807) is 0 Å². The molecule has 3 rings (SSSR count). The number of hydrogen-bond acceptors (Lipinski definition) is 16. The smallest absolute Gasteiger partial charge is 0.187 e. The van der Waals surface area contributed by atoms with Gasteiger partial charge in [0.2, 0.25) is 0 Å². The number of hydrogen-bond donors (Lipinski definition) is 10. The Bertz CT molecular complexity index is 652. The zero-order valence-electron chi connectivity index (χ0n) is 18.7. The van der Waals surface area contributed by atoms with E-state index >= 15 is 0 Å². The normalized spacial score (nSPS) is 51.3. The van der Waals surface area contributed by atoms with Crippen molar-refractivity contribution in [3.63, 3.8) is 0 Å². The molecular formula is C19H34O16. The SMILES string of the molecule is CO[C@H]1O[C@H](CO)[C@@H](O)[C@H](O[C@H]2O[C@H](CO)[C@H](O)[C@H](O)[C@H]2O)[C@@H]1O[C@@H]1O[C@H](CO)[C@H](O)[C@H](O)[C@H]1O. The maximum absolute atomic E-state index is 10.8. The van der Waals surface area contributed by atoms with E-state index < -0.39 is 112 Å². The maximum Gasteiger partial charge on any atom is 0.187 e. The summed E-state index contributed by atoms with van der Waals surface area (Å²) in [6.45, 7) is -2.19. The molecule has 0 radical (unpaired) electrons. The predicted octanol–water partition coefficient (Wildman–Crippen LogP) is -6.92. The highest BCUT2D eigenvalue weighted by Gasteiger charge is 2.54. The maximum atomic E-state index is 10.8. The van der Waals surface area contributed by atoms with Crippen LogP contribution in [0.2, 0.25) is 0 Å². The summed E-state index contributed by atoms with van der Waals surface area (Å²) in [5.74, 6) is 0. The number of aliphatic hydroxyl groups excluding tert-OH is 10. The van der Waals surface area contributed by atoms with Crippen molar-refractivity contribution >= 4 is 0 Å². The Hall–Kier alpha value is -0.640. The molecule has 35 heavy (non-hydrogen) atoms. The number of ether oxygens (including phenoxy) is 6. The molecule has 3 fully saturated rings. The summed E-state index contributed by atoms with van der Waals surface area (Å²) in [5.41, 5.74) is 0. The molecule has 3 aliphatic heterocycles. The van der Waals surface area contributed by atoms with E-state index in [9.17, 15) is 51.1 Å². The van der Waals surface area contributed by atoms with Gasteiger partial charge in [-0.25, -0.2) is 0 Å². The number of methoxy groups -OCH3 is 1. The highest BCUT2D eigenvalue weighted by Crippen LogP contribution is 2.33. The van der Waals surface area contributed by atoms with Crippen LogP contribution in [0.1, 0.15) is 0 Å². The third-order valence-corrected chi connectivity index (χ3v) is 6.31. The monoisotopic (exact) mass is 518 g/mol. The molecule has 206 valence electrons. The van der Waals surface area contributed by atoms with Crippen LogP contribution >= 0.6 is 0 Å². The van der Waals surface area contributed by atoms with Crippen molar-refractivity contribution in [1.82, 2.24) is 0 Å². The lowest BCUT2D eigenvalue weighted by atomic mass is 9.96. The highest BCUT2D eigenvalue weighted by molar-refractivity contribution is 4.96. The van der Waals surface area contributed by atoms with Gasteiger partial charge < -0.3 is 79.5 Å². The molecule has 0 aliphatic carbocycles. The van der Waals surface area contributed by atoms with Gasteiger partial charge in [0.1, 0.15) is 73.2 Å². The van der Waals surface area contributed by atoms with Crippen molar-refractivity contribution in [2.24, 2.45) is 0 Å². The molecule has 0 aromatic heterocycles. The Morgan fingerprint density at radius 1 is 0.486 bits per heavy atom. The minimum atomic E-state index is -1.84. The van der Waals surface area contributed by atoms with Gasteiger partial charge >= 0.3 is 0 Å². The van der Waals surface area contributed by atoms with Crippen LogP contribution in [0.5, 0.6) is 0 Å². The lowest BCUT2D eigenvalue weighted by molar-refractivity contribution is -0.390. The molecule has 10 N–H and O–H groups in total. The lowest BCUT2D eigenvalue weighted by Crippen LogP contribution is -2.67. The minimum Gasteiger partial charge on any atom is -0.394 e. The van der Waals surface area contributed by atoms with Crippen molar-refractivity contribution in [3.05, 3.63) is 0 Å². The zero-order chi connectivity index (χ0) is 26.0. The molecule has 0 spiro atoms. The Balaban J connectivity index is 1.86. The van der Waals surface area contributed by atoms with E-state index in [0.29, 0.717) is 0 Å². The topological polar surface area (TPSA) is 258 Å². The van der Waals surface area contributed by atoms with Crippen LogP contribution in [0.25, 0.3) is 0 Å². The van der Waals surface area contributed by atoms with E-state index in [1.165, 1.54) is 7.11 Å². The van der Waals surface area contributed by atoms with Gasteiger partial charge in [0.05, 0.1) is 19.8 Å². The van der Waals surface area contributed by atoms with E-state index in [4.69, 9.17) is 28.4 Å². The van der Waals surface area contributed by atoms with Gasteiger partial charge in [0.15, 0.2) is 18.9 Å². The van der Waals surface area contributed by atoms with Crippen molar-refractivity contribution in [3.8, 4) is 0 Å². The molecule has 16 heteroatoms. The number of rotatable bonds is 8. The van der Waals surface area contributed by atoms with Crippen molar-refractivity contribution < 1.29 is 79.5 Å².